The summed E-state index contributed by atoms with van der Waals surface area (Å²) in [5.74, 6) is -0.747. The van der Waals surface area contributed by atoms with Gasteiger partial charge < -0.3 is 18.9 Å². The lowest BCUT2D eigenvalue weighted by atomic mass is 9.82. The number of benzene rings is 2. The molecule has 1 fully saturated rings. The first kappa shape index (κ1) is 24.5. The first-order chi connectivity index (χ1) is 17.1. The van der Waals surface area contributed by atoms with E-state index in [4.69, 9.17) is 4.74 Å². The monoisotopic (exact) mass is 507 g/mol. The molecule has 2 aliphatic heterocycles. The third-order valence-corrected chi connectivity index (χ3v) is 10.1. The second kappa shape index (κ2) is 8.76. The molecule has 0 bridgehead atoms. The van der Waals surface area contributed by atoms with Crippen LogP contribution in [0.5, 0.6) is 0 Å². The molecule has 3 aromatic rings. The number of anilines is 1. The third-order valence-electron chi connectivity index (χ3n) is 7.61. The number of rotatable bonds is 6. The van der Waals surface area contributed by atoms with Crippen molar-refractivity contribution in [1.82, 2.24) is 9.78 Å². The number of aromatic nitrogens is 2. The van der Waals surface area contributed by atoms with Crippen LogP contribution < -0.4 is 10.5 Å². The van der Waals surface area contributed by atoms with Crippen LogP contribution in [0.1, 0.15) is 18.9 Å². The summed E-state index contributed by atoms with van der Waals surface area (Å²) in [5, 5.41) is 15.3. The number of fused-ring (bicyclic) bond motifs is 3. The van der Waals surface area contributed by atoms with Gasteiger partial charge in [-0.05, 0) is 43.8 Å². The third kappa shape index (κ3) is 3.48. The van der Waals surface area contributed by atoms with Gasteiger partial charge in [-0.15, -0.1) is 6.58 Å². The smallest absolute Gasteiger partial charge is 0.279 e. The van der Waals surface area contributed by atoms with E-state index in [2.05, 4.69) is 11.7 Å². The van der Waals surface area contributed by atoms with Gasteiger partial charge in [-0.2, -0.15) is 9.78 Å². The molecule has 1 N–H and O–H groups in total. The van der Waals surface area contributed by atoms with Crippen LogP contribution in [-0.2, 0) is 15.1 Å². The first-order valence-corrected chi connectivity index (χ1v) is 15.1. The van der Waals surface area contributed by atoms with Crippen LogP contribution in [0.15, 0.2) is 66.1 Å². The zero-order valence-electron chi connectivity index (χ0n) is 20.6. The Labute approximate surface area is 210 Å². The van der Waals surface area contributed by atoms with Gasteiger partial charge in [0.15, 0.2) is 5.60 Å². The summed E-state index contributed by atoms with van der Waals surface area (Å²) >= 11 is 0. The molecular formula is C27H30FN3O4Si. The maximum absolute atomic E-state index is 15.6. The van der Waals surface area contributed by atoms with E-state index in [0.717, 1.165) is 5.39 Å². The number of carbonyl (C=O) groups is 1. The molecule has 5 rings (SSSR count). The zero-order valence-corrected chi connectivity index (χ0v) is 21.6. The molecular weight excluding hydrogens is 477 g/mol. The predicted molar refractivity (Wildman–Crippen MR) is 140 cm³/mol. The second-order valence-electron chi connectivity index (χ2n) is 10.1. The molecule has 0 aliphatic carbocycles. The molecule has 36 heavy (non-hydrogen) atoms. The van der Waals surface area contributed by atoms with E-state index >= 15 is 4.11 Å². The molecule has 1 amide bonds. The van der Waals surface area contributed by atoms with Crippen LogP contribution in [-0.4, -0.2) is 48.5 Å². The topological polar surface area (TPSA) is 84.7 Å². The van der Waals surface area contributed by atoms with Crippen molar-refractivity contribution in [3.05, 3.63) is 77.2 Å². The molecule has 4 atom stereocenters. The van der Waals surface area contributed by atoms with Crippen molar-refractivity contribution in [3.8, 4) is 5.69 Å². The fourth-order valence-electron chi connectivity index (χ4n) is 6.15. The number of aliphatic hydroxyl groups is 1. The Hall–Kier alpha value is -3.14. The number of hydrogen-bond acceptors (Lipinski definition) is 5. The molecule has 0 saturated carbocycles. The Bertz CT molecular complexity index is 1420. The predicted octanol–water partition coefficient (Wildman–Crippen LogP) is 4.08. The average Bonchev–Trinajstić information content (AvgIpc) is 3.27. The van der Waals surface area contributed by atoms with Crippen molar-refractivity contribution in [1.29, 1.82) is 0 Å². The summed E-state index contributed by atoms with van der Waals surface area (Å²) in [6.07, 6.45) is 2.92. The van der Waals surface area contributed by atoms with E-state index in [0.29, 0.717) is 22.3 Å². The molecule has 0 unspecified atom stereocenters. The van der Waals surface area contributed by atoms with E-state index in [1.807, 2.05) is 19.1 Å². The lowest BCUT2D eigenvalue weighted by Gasteiger charge is -2.31. The number of halogens is 1. The molecule has 2 aromatic carbocycles. The van der Waals surface area contributed by atoms with Gasteiger partial charge in [0, 0.05) is 35.6 Å². The van der Waals surface area contributed by atoms with Gasteiger partial charge in [-0.25, -0.2) is 0 Å². The van der Waals surface area contributed by atoms with E-state index in [1.165, 1.54) is 4.68 Å². The molecule has 9 heteroatoms. The summed E-state index contributed by atoms with van der Waals surface area (Å²) in [7, 11) is -3.28. The zero-order chi connectivity index (χ0) is 25.8. The normalized spacial score (nSPS) is 25.6. The minimum Gasteiger partial charge on any atom is -0.396 e. The number of hydrogen-bond donors (Lipinski definition) is 1. The Morgan fingerprint density at radius 3 is 2.69 bits per heavy atom. The first-order valence-electron chi connectivity index (χ1n) is 12.2. The molecule has 3 heterocycles. The van der Waals surface area contributed by atoms with Crippen molar-refractivity contribution in [2.24, 2.45) is 5.92 Å². The molecule has 1 spiro atoms. The quantitative estimate of drug-likeness (QED) is 0.309. The lowest BCUT2D eigenvalue weighted by Crippen LogP contribution is -2.45. The van der Waals surface area contributed by atoms with Gasteiger partial charge in [-0.1, -0.05) is 31.2 Å². The van der Waals surface area contributed by atoms with Crippen molar-refractivity contribution in [2.75, 3.05) is 18.1 Å². The SMILES string of the molecule is C=CCN1C(=O)[C@@]2(O[C@@H](CCO)[C@H]([Si](C)(C)F)[C@H]2C)c2cc(-n3ncc4ccccc4c3=O)ccc21. The number of ether oxygens (including phenoxy) is 1. The van der Waals surface area contributed by atoms with Gasteiger partial charge in [0.05, 0.1) is 29.1 Å². The van der Waals surface area contributed by atoms with Gasteiger partial charge in [0.1, 0.15) is 0 Å². The Morgan fingerprint density at radius 2 is 2.00 bits per heavy atom. The van der Waals surface area contributed by atoms with Gasteiger partial charge >= 0.3 is 0 Å². The van der Waals surface area contributed by atoms with Crippen LogP contribution in [0.4, 0.5) is 9.80 Å². The summed E-state index contributed by atoms with van der Waals surface area (Å²) in [6.45, 7) is 9.01. The number of aliphatic hydroxyl groups excluding tert-OH is 1. The minimum absolute atomic E-state index is 0.164. The molecule has 1 aromatic heterocycles. The van der Waals surface area contributed by atoms with E-state index in [-0.39, 0.29) is 31.0 Å². The van der Waals surface area contributed by atoms with Gasteiger partial charge in [0.2, 0.25) is 8.41 Å². The van der Waals surface area contributed by atoms with Gasteiger partial charge in [0.25, 0.3) is 11.5 Å². The van der Waals surface area contributed by atoms with Crippen LogP contribution in [0.25, 0.3) is 16.5 Å². The fourth-order valence-corrected chi connectivity index (χ4v) is 8.69. The average molecular weight is 508 g/mol. The Morgan fingerprint density at radius 1 is 1.25 bits per heavy atom. The maximum atomic E-state index is 15.6. The summed E-state index contributed by atoms with van der Waals surface area (Å²) < 4.78 is 23.5. The molecule has 1 saturated heterocycles. The summed E-state index contributed by atoms with van der Waals surface area (Å²) in [6, 6.07) is 12.5. The summed E-state index contributed by atoms with van der Waals surface area (Å²) in [4.78, 5) is 28.9. The maximum Gasteiger partial charge on any atom is 0.279 e. The van der Waals surface area contributed by atoms with Crippen molar-refractivity contribution >= 4 is 30.8 Å². The lowest BCUT2D eigenvalue weighted by molar-refractivity contribution is -0.146. The molecule has 0 radical (unpaired) electrons. The van der Waals surface area contributed by atoms with E-state index < -0.39 is 31.6 Å². The highest BCUT2D eigenvalue weighted by Crippen LogP contribution is 2.60. The highest BCUT2D eigenvalue weighted by Gasteiger charge is 2.66. The van der Waals surface area contributed by atoms with Crippen LogP contribution >= 0.6 is 0 Å². The Kier molecular flexibility index (Phi) is 5.97. The molecule has 2 aliphatic rings. The largest absolute Gasteiger partial charge is 0.396 e. The number of nitrogens with zero attached hydrogens (tertiary/aromatic N) is 3. The van der Waals surface area contributed by atoms with Crippen LogP contribution in [0.3, 0.4) is 0 Å². The minimum atomic E-state index is -3.28. The van der Waals surface area contributed by atoms with E-state index in [1.54, 1.807) is 60.6 Å². The fraction of sp³-hybridized carbons (Fsp3) is 0.370. The standard InChI is InChI=1S/C27H30FN3O4Si/c1-5-13-30-22-11-10-19(31-25(33)20-9-7-6-8-18(20)16-29-31)15-21(22)27(26(30)34)17(2)24(36(3,4)28)23(35-27)12-14-32/h5-11,15-17,23-24,32H,1,12-14H2,2-4H3/t17-,23+,24-,27+/m1/s1. The van der Waals surface area contributed by atoms with Crippen LogP contribution in [0.2, 0.25) is 18.6 Å². The van der Waals surface area contributed by atoms with Crippen LogP contribution in [0, 0.1) is 5.92 Å². The summed E-state index contributed by atoms with van der Waals surface area (Å²) in [5.41, 5.74) is -0.462. The van der Waals surface area contributed by atoms with Crippen molar-refractivity contribution in [3.63, 3.8) is 0 Å². The number of carbonyl (C=O) groups excluding carboxylic acids is 1. The Balaban J connectivity index is 1.72. The highest BCUT2D eigenvalue weighted by atomic mass is 28.4. The number of amides is 1. The molecule has 188 valence electrons. The second-order valence-corrected chi connectivity index (χ2v) is 13.9. The van der Waals surface area contributed by atoms with Crippen molar-refractivity contribution < 1.29 is 18.7 Å². The van der Waals surface area contributed by atoms with E-state index in [9.17, 15) is 14.7 Å². The molecule has 7 nitrogen and oxygen atoms in total. The highest BCUT2D eigenvalue weighted by molar-refractivity contribution is 6.72. The van der Waals surface area contributed by atoms with Crippen molar-refractivity contribution in [2.45, 2.75) is 43.7 Å². The van der Waals surface area contributed by atoms with Gasteiger partial charge in [-0.3, -0.25) is 9.59 Å².